The number of unbranched alkanes of at least 4 members (excludes halogenated alkanes) is 1. The number of amides is 1. The molecule has 0 spiro atoms. The van der Waals surface area contributed by atoms with E-state index in [-0.39, 0.29) is 23.3 Å². The van der Waals surface area contributed by atoms with E-state index in [4.69, 9.17) is 4.74 Å². The SMILES string of the molecule is CCCCC(CNC(=O)c1ccc(Br)c([N+](=O)[O-])c1)Oc1ccccc1C. The number of nitrogens with zero attached hydrogens (tertiary/aromatic N) is 1. The van der Waals surface area contributed by atoms with Gasteiger partial charge in [0.25, 0.3) is 11.6 Å². The Morgan fingerprint density at radius 2 is 2.04 bits per heavy atom. The third-order valence-electron chi connectivity index (χ3n) is 4.16. The standard InChI is InChI=1S/C20H23BrN2O4/c1-3-4-8-16(27-19-9-6-5-7-14(19)2)13-22-20(24)15-10-11-17(21)18(12-15)23(25)26/h5-7,9-12,16H,3-4,8,13H2,1-2H3,(H,22,24). The Hall–Kier alpha value is -2.41. The van der Waals surface area contributed by atoms with Gasteiger partial charge in [-0.25, -0.2) is 0 Å². The van der Waals surface area contributed by atoms with Crippen molar-refractivity contribution in [3.8, 4) is 5.75 Å². The van der Waals surface area contributed by atoms with Crippen LogP contribution >= 0.6 is 15.9 Å². The van der Waals surface area contributed by atoms with E-state index in [1.54, 1.807) is 6.07 Å². The molecule has 2 rings (SSSR count). The molecule has 2 aromatic rings. The highest BCUT2D eigenvalue weighted by atomic mass is 79.9. The second kappa shape index (κ2) is 10.1. The van der Waals surface area contributed by atoms with Crippen LogP contribution < -0.4 is 10.1 Å². The van der Waals surface area contributed by atoms with Gasteiger partial charge < -0.3 is 10.1 Å². The van der Waals surface area contributed by atoms with E-state index in [1.165, 1.54) is 12.1 Å². The molecule has 1 unspecified atom stereocenters. The molecule has 1 atom stereocenters. The van der Waals surface area contributed by atoms with Crippen molar-refractivity contribution in [3.63, 3.8) is 0 Å². The molecule has 7 heteroatoms. The van der Waals surface area contributed by atoms with Crippen LogP contribution in [0.2, 0.25) is 0 Å². The number of rotatable bonds is 9. The Balaban J connectivity index is 2.05. The Bertz CT molecular complexity index is 810. The minimum atomic E-state index is -0.522. The van der Waals surface area contributed by atoms with Crippen LogP contribution in [0.15, 0.2) is 46.9 Å². The molecule has 1 amide bonds. The Morgan fingerprint density at radius 1 is 1.30 bits per heavy atom. The number of para-hydroxylation sites is 1. The second-order valence-electron chi connectivity index (χ2n) is 6.28. The molecule has 1 N–H and O–H groups in total. The topological polar surface area (TPSA) is 81.5 Å². The molecule has 0 fully saturated rings. The summed E-state index contributed by atoms with van der Waals surface area (Å²) in [6.45, 7) is 4.41. The zero-order chi connectivity index (χ0) is 19.8. The first kappa shape index (κ1) is 20.9. The number of hydrogen-bond donors (Lipinski definition) is 1. The van der Waals surface area contributed by atoms with Gasteiger partial charge in [-0.1, -0.05) is 31.5 Å². The summed E-state index contributed by atoms with van der Waals surface area (Å²) in [6, 6.07) is 12.1. The van der Waals surface area contributed by atoms with Gasteiger partial charge in [-0.3, -0.25) is 14.9 Å². The quantitative estimate of drug-likeness (QED) is 0.442. The van der Waals surface area contributed by atoms with E-state index in [2.05, 4.69) is 28.2 Å². The maximum absolute atomic E-state index is 12.4. The molecule has 27 heavy (non-hydrogen) atoms. The van der Waals surface area contributed by atoms with Gasteiger partial charge in [0.15, 0.2) is 0 Å². The highest BCUT2D eigenvalue weighted by Crippen LogP contribution is 2.25. The van der Waals surface area contributed by atoms with Crippen LogP contribution in [0.25, 0.3) is 0 Å². The summed E-state index contributed by atoms with van der Waals surface area (Å²) in [5.41, 5.74) is 1.14. The molecule has 0 aliphatic heterocycles. The van der Waals surface area contributed by atoms with Crippen molar-refractivity contribution in [1.82, 2.24) is 5.32 Å². The van der Waals surface area contributed by atoms with E-state index in [0.717, 1.165) is 30.6 Å². The number of halogens is 1. The average Bonchev–Trinajstić information content (AvgIpc) is 2.65. The number of hydrogen-bond acceptors (Lipinski definition) is 4. The van der Waals surface area contributed by atoms with E-state index < -0.39 is 4.92 Å². The van der Waals surface area contributed by atoms with Crippen LogP contribution in [0.3, 0.4) is 0 Å². The number of nitro groups is 1. The summed E-state index contributed by atoms with van der Waals surface area (Å²) in [5.74, 6) is 0.438. The van der Waals surface area contributed by atoms with Gasteiger partial charge in [0.2, 0.25) is 0 Å². The summed E-state index contributed by atoms with van der Waals surface area (Å²) in [6.07, 6.45) is 2.66. The highest BCUT2D eigenvalue weighted by molar-refractivity contribution is 9.10. The highest BCUT2D eigenvalue weighted by Gasteiger charge is 2.18. The first-order valence-corrected chi connectivity index (χ1v) is 9.66. The van der Waals surface area contributed by atoms with Gasteiger partial charge in [0, 0.05) is 11.6 Å². The first-order valence-electron chi connectivity index (χ1n) is 8.86. The molecule has 0 saturated heterocycles. The predicted octanol–water partition coefficient (Wildman–Crippen LogP) is 5.03. The van der Waals surface area contributed by atoms with Gasteiger partial charge in [0.05, 0.1) is 15.9 Å². The molecule has 144 valence electrons. The van der Waals surface area contributed by atoms with Crippen LogP contribution in [0, 0.1) is 17.0 Å². The third kappa shape index (κ3) is 6.06. The Kier molecular flexibility index (Phi) is 7.79. The maximum Gasteiger partial charge on any atom is 0.284 e. The Morgan fingerprint density at radius 3 is 2.70 bits per heavy atom. The van der Waals surface area contributed by atoms with Crippen molar-refractivity contribution in [2.24, 2.45) is 0 Å². The van der Waals surface area contributed by atoms with Crippen LogP contribution in [0.4, 0.5) is 5.69 Å². The lowest BCUT2D eigenvalue weighted by molar-refractivity contribution is -0.385. The van der Waals surface area contributed by atoms with Crippen LogP contribution in [0.5, 0.6) is 5.75 Å². The van der Waals surface area contributed by atoms with Crippen molar-refractivity contribution < 1.29 is 14.5 Å². The minimum absolute atomic E-state index is 0.138. The first-order chi connectivity index (χ1) is 12.9. The number of benzene rings is 2. The minimum Gasteiger partial charge on any atom is -0.488 e. The zero-order valence-electron chi connectivity index (χ0n) is 15.4. The molecule has 2 aromatic carbocycles. The normalized spacial score (nSPS) is 11.7. The van der Waals surface area contributed by atoms with Crippen molar-refractivity contribution in [3.05, 3.63) is 68.2 Å². The van der Waals surface area contributed by atoms with E-state index >= 15 is 0 Å². The van der Waals surface area contributed by atoms with Gasteiger partial charge in [0.1, 0.15) is 11.9 Å². The van der Waals surface area contributed by atoms with E-state index in [0.29, 0.717) is 11.0 Å². The number of ether oxygens (including phenoxy) is 1. The van der Waals surface area contributed by atoms with Crippen LogP contribution in [-0.2, 0) is 0 Å². The molecule has 0 bridgehead atoms. The molecule has 6 nitrogen and oxygen atoms in total. The summed E-state index contributed by atoms with van der Waals surface area (Å²) < 4.78 is 6.42. The Labute approximate surface area is 167 Å². The van der Waals surface area contributed by atoms with Crippen molar-refractivity contribution >= 4 is 27.5 Å². The van der Waals surface area contributed by atoms with Crippen molar-refractivity contribution in [1.29, 1.82) is 0 Å². The third-order valence-corrected chi connectivity index (χ3v) is 4.83. The fourth-order valence-electron chi connectivity index (χ4n) is 2.61. The molecule has 0 aliphatic rings. The lowest BCUT2D eigenvalue weighted by atomic mass is 10.1. The maximum atomic E-state index is 12.4. The smallest absolute Gasteiger partial charge is 0.284 e. The number of carbonyl (C=O) groups excluding carboxylic acids is 1. The van der Waals surface area contributed by atoms with E-state index in [9.17, 15) is 14.9 Å². The molecule has 0 aromatic heterocycles. The van der Waals surface area contributed by atoms with Gasteiger partial charge in [-0.05, 0) is 59.5 Å². The molecule has 0 heterocycles. The number of aryl methyl sites for hydroxylation is 1. The molecular formula is C20H23BrN2O4. The van der Waals surface area contributed by atoms with Crippen LogP contribution in [0.1, 0.15) is 42.1 Å². The summed E-state index contributed by atoms with van der Waals surface area (Å²) in [5, 5.41) is 13.9. The molecular weight excluding hydrogens is 412 g/mol. The van der Waals surface area contributed by atoms with Crippen LogP contribution in [-0.4, -0.2) is 23.5 Å². The second-order valence-corrected chi connectivity index (χ2v) is 7.14. The molecule has 0 radical (unpaired) electrons. The fraction of sp³-hybridized carbons (Fsp3) is 0.350. The molecule has 0 saturated carbocycles. The fourth-order valence-corrected chi connectivity index (χ4v) is 3.00. The average molecular weight is 435 g/mol. The largest absolute Gasteiger partial charge is 0.488 e. The van der Waals surface area contributed by atoms with E-state index in [1.807, 2.05) is 31.2 Å². The molecule has 0 aliphatic carbocycles. The number of nitrogens with one attached hydrogen (secondary N) is 1. The van der Waals surface area contributed by atoms with Crippen molar-refractivity contribution in [2.75, 3.05) is 6.54 Å². The lowest BCUT2D eigenvalue weighted by Crippen LogP contribution is -2.35. The van der Waals surface area contributed by atoms with Gasteiger partial charge in [-0.2, -0.15) is 0 Å². The number of carbonyl (C=O) groups is 1. The summed E-state index contributed by atoms with van der Waals surface area (Å²) in [7, 11) is 0. The zero-order valence-corrected chi connectivity index (χ0v) is 17.0. The van der Waals surface area contributed by atoms with Gasteiger partial charge in [-0.15, -0.1) is 0 Å². The predicted molar refractivity (Wildman–Crippen MR) is 108 cm³/mol. The van der Waals surface area contributed by atoms with Gasteiger partial charge >= 0.3 is 0 Å². The lowest BCUT2D eigenvalue weighted by Gasteiger charge is -2.21. The summed E-state index contributed by atoms with van der Waals surface area (Å²) >= 11 is 3.12. The monoisotopic (exact) mass is 434 g/mol. The number of nitro benzene ring substituents is 1. The van der Waals surface area contributed by atoms with Crippen molar-refractivity contribution in [2.45, 2.75) is 39.2 Å². The summed E-state index contributed by atoms with van der Waals surface area (Å²) in [4.78, 5) is 22.9.